The monoisotopic (exact) mass is 451 g/mol. The average molecular weight is 451 g/mol. The van der Waals surface area contributed by atoms with Crippen molar-refractivity contribution in [2.75, 3.05) is 7.11 Å². The van der Waals surface area contributed by atoms with Crippen LogP contribution in [0.15, 0.2) is 84.9 Å². The van der Waals surface area contributed by atoms with Gasteiger partial charge < -0.3 is 15.2 Å². The molecule has 0 bridgehead atoms. The third kappa shape index (κ3) is 3.73. The van der Waals surface area contributed by atoms with Crippen LogP contribution < -0.4 is 10.1 Å². The van der Waals surface area contributed by atoms with Gasteiger partial charge in [0.1, 0.15) is 11.4 Å². The van der Waals surface area contributed by atoms with E-state index in [9.17, 15) is 14.7 Å². The Morgan fingerprint density at radius 3 is 2.41 bits per heavy atom. The number of carboxylic acids is 1. The third-order valence-corrected chi connectivity index (χ3v) is 5.81. The summed E-state index contributed by atoms with van der Waals surface area (Å²) >= 11 is 0. The molecular formula is C27H21N3O4. The third-order valence-electron chi connectivity index (χ3n) is 5.81. The molecule has 0 unspecified atom stereocenters. The number of aliphatic carboxylic acids is 1. The molecule has 4 aromatic carbocycles. The Kier molecular flexibility index (Phi) is 5.43. The molecule has 1 amide bonds. The maximum Gasteiger partial charge on any atom is 0.330 e. The molecule has 0 saturated heterocycles. The fourth-order valence-corrected chi connectivity index (χ4v) is 4.16. The molecule has 0 spiro atoms. The van der Waals surface area contributed by atoms with Crippen molar-refractivity contribution in [1.82, 2.24) is 15.5 Å². The summed E-state index contributed by atoms with van der Waals surface area (Å²) in [6, 6.07) is 24.8. The largest absolute Gasteiger partial charge is 0.495 e. The van der Waals surface area contributed by atoms with Gasteiger partial charge in [0.05, 0.1) is 23.6 Å². The molecule has 0 aliphatic heterocycles. The first kappa shape index (κ1) is 21.2. The van der Waals surface area contributed by atoms with Crippen molar-refractivity contribution >= 4 is 33.6 Å². The molecule has 0 fully saturated rings. The highest BCUT2D eigenvalue weighted by Crippen LogP contribution is 2.37. The number of amides is 1. The van der Waals surface area contributed by atoms with Crippen LogP contribution in [0.4, 0.5) is 0 Å². The van der Waals surface area contributed by atoms with Crippen molar-refractivity contribution < 1.29 is 19.4 Å². The van der Waals surface area contributed by atoms with Gasteiger partial charge in [0.15, 0.2) is 6.04 Å². The van der Waals surface area contributed by atoms with E-state index in [1.807, 2.05) is 42.5 Å². The molecule has 1 atom stereocenters. The zero-order chi connectivity index (χ0) is 23.7. The van der Waals surface area contributed by atoms with E-state index in [4.69, 9.17) is 4.74 Å². The molecule has 0 radical (unpaired) electrons. The van der Waals surface area contributed by atoms with Crippen molar-refractivity contribution in [2.45, 2.75) is 6.04 Å². The van der Waals surface area contributed by atoms with Gasteiger partial charge in [0, 0.05) is 5.56 Å². The van der Waals surface area contributed by atoms with Crippen molar-refractivity contribution in [3.63, 3.8) is 0 Å². The number of aromatic amines is 1. The van der Waals surface area contributed by atoms with E-state index in [1.165, 1.54) is 7.11 Å². The Balaban J connectivity index is 1.58. The van der Waals surface area contributed by atoms with Crippen LogP contribution in [-0.4, -0.2) is 34.3 Å². The van der Waals surface area contributed by atoms with Gasteiger partial charge in [-0.15, -0.1) is 0 Å². The van der Waals surface area contributed by atoms with Gasteiger partial charge in [-0.2, -0.15) is 5.10 Å². The van der Waals surface area contributed by atoms with E-state index in [2.05, 4.69) is 15.5 Å². The normalized spacial score (nSPS) is 11.9. The van der Waals surface area contributed by atoms with Crippen LogP contribution in [0, 0.1) is 0 Å². The first-order chi connectivity index (χ1) is 16.6. The van der Waals surface area contributed by atoms with Crippen LogP contribution in [0.2, 0.25) is 0 Å². The smallest absolute Gasteiger partial charge is 0.330 e. The molecule has 5 aromatic rings. The number of rotatable bonds is 6. The number of hydrogen-bond donors (Lipinski definition) is 3. The minimum absolute atomic E-state index is 0.223. The lowest BCUT2D eigenvalue weighted by molar-refractivity contribution is -0.139. The van der Waals surface area contributed by atoms with E-state index in [0.29, 0.717) is 27.9 Å². The van der Waals surface area contributed by atoms with Crippen molar-refractivity contribution in [3.05, 3.63) is 96.1 Å². The maximum atomic E-state index is 13.2. The molecular weight excluding hydrogens is 430 g/mol. The van der Waals surface area contributed by atoms with Gasteiger partial charge in [-0.1, -0.05) is 66.7 Å². The van der Waals surface area contributed by atoms with Gasteiger partial charge in [-0.25, -0.2) is 4.79 Å². The molecule has 0 saturated carbocycles. The summed E-state index contributed by atoms with van der Waals surface area (Å²) in [5.41, 5.74) is 2.91. The summed E-state index contributed by atoms with van der Waals surface area (Å²) < 4.78 is 5.67. The molecule has 1 heterocycles. The lowest BCUT2D eigenvalue weighted by Crippen LogP contribution is -2.33. The standard InChI is InChI=1S/C27H21N3O4/c1-34-25-20(26(31)28-24(27(32)33)17-8-3-2-4-9-17)13-14-21-22(25)23(30-29-21)19-12-11-16-7-5-6-10-18(16)15-19/h2-15,24H,1H3,(H,28,31)(H,29,30)(H,32,33)/t24-/m0/s1. The van der Waals surface area contributed by atoms with E-state index in [0.717, 1.165) is 16.3 Å². The Morgan fingerprint density at radius 2 is 1.68 bits per heavy atom. The first-order valence-electron chi connectivity index (χ1n) is 10.7. The minimum Gasteiger partial charge on any atom is -0.495 e. The highest BCUT2D eigenvalue weighted by molar-refractivity contribution is 6.08. The summed E-state index contributed by atoms with van der Waals surface area (Å²) in [6.07, 6.45) is 0. The summed E-state index contributed by atoms with van der Waals surface area (Å²) in [7, 11) is 1.48. The number of ether oxygens (including phenoxy) is 1. The number of hydrogen-bond acceptors (Lipinski definition) is 4. The maximum absolute atomic E-state index is 13.2. The van der Waals surface area contributed by atoms with E-state index in [-0.39, 0.29) is 5.56 Å². The van der Waals surface area contributed by atoms with E-state index < -0.39 is 17.9 Å². The molecule has 0 aliphatic rings. The second-order valence-electron chi connectivity index (χ2n) is 7.86. The van der Waals surface area contributed by atoms with Gasteiger partial charge >= 0.3 is 5.97 Å². The summed E-state index contributed by atoms with van der Waals surface area (Å²) in [5.74, 6) is -1.38. The fraction of sp³-hybridized carbons (Fsp3) is 0.0741. The number of fused-ring (bicyclic) bond motifs is 2. The Hall–Kier alpha value is -4.65. The molecule has 34 heavy (non-hydrogen) atoms. The number of methoxy groups -OCH3 is 1. The topological polar surface area (TPSA) is 104 Å². The van der Waals surface area contributed by atoms with Gasteiger partial charge in [-0.3, -0.25) is 9.89 Å². The minimum atomic E-state index is -1.20. The predicted octanol–water partition coefficient (Wildman–Crippen LogP) is 4.95. The van der Waals surface area contributed by atoms with Crippen LogP contribution >= 0.6 is 0 Å². The number of aromatic nitrogens is 2. The Morgan fingerprint density at radius 1 is 0.941 bits per heavy atom. The average Bonchev–Trinajstić information content (AvgIpc) is 3.31. The van der Waals surface area contributed by atoms with Gasteiger partial charge in [0.2, 0.25) is 0 Å². The van der Waals surface area contributed by atoms with Gasteiger partial charge in [0.25, 0.3) is 5.91 Å². The molecule has 1 aromatic heterocycles. The van der Waals surface area contributed by atoms with Crippen LogP contribution in [-0.2, 0) is 4.79 Å². The molecule has 7 nitrogen and oxygen atoms in total. The van der Waals surface area contributed by atoms with E-state index >= 15 is 0 Å². The quantitative estimate of drug-likeness (QED) is 0.339. The number of carbonyl (C=O) groups excluding carboxylic acids is 1. The van der Waals surface area contributed by atoms with Crippen molar-refractivity contribution in [3.8, 4) is 17.0 Å². The van der Waals surface area contributed by atoms with Crippen LogP contribution in [0.3, 0.4) is 0 Å². The summed E-state index contributed by atoms with van der Waals surface area (Å²) in [4.78, 5) is 25.1. The number of H-pyrrole nitrogens is 1. The molecule has 0 aliphatic carbocycles. The van der Waals surface area contributed by atoms with Crippen molar-refractivity contribution in [2.24, 2.45) is 0 Å². The van der Waals surface area contributed by atoms with Crippen molar-refractivity contribution in [1.29, 1.82) is 0 Å². The lowest BCUT2D eigenvalue weighted by atomic mass is 10.0. The Bertz CT molecular complexity index is 1530. The predicted molar refractivity (Wildman–Crippen MR) is 130 cm³/mol. The second kappa shape index (κ2) is 8.71. The lowest BCUT2D eigenvalue weighted by Gasteiger charge is -2.16. The number of carboxylic acid groups (broad SMARTS) is 1. The van der Waals surface area contributed by atoms with Crippen LogP contribution in [0.25, 0.3) is 32.9 Å². The Labute approximate surface area is 195 Å². The highest BCUT2D eigenvalue weighted by Gasteiger charge is 2.26. The molecule has 3 N–H and O–H groups in total. The van der Waals surface area contributed by atoms with Crippen LogP contribution in [0.5, 0.6) is 5.75 Å². The van der Waals surface area contributed by atoms with Gasteiger partial charge in [-0.05, 0) is 34.5 Å². The first-order valence-corrected chi connectivity index (χ1v) is 10.7. The van der Waals surface area contributed by atoms with E-state index in [1.54, 1.807) is 42.5 Å². The SMILES string of the molecule is COc1c(C(=O)N[C@H](C(=O)O)c2ccccc2)ccc2[nH]nc(-c3ccc4ccccc4c3)c12. The number of carbonyl (C=O) groups is 2. The molecule has 168 valence electrons. The number of benzene rings is 4. The zero-order valence-corrected chi connectivity index (χ0v) is 18.3. The molecule has 5 rings (SSSR count). The summed E-state index contributed by atoms with van der Waals surface area (Å²) in [5, 5.41) is 22.6. The second-order valence-corrected chi connectivity index (χ2v) is 7.86. The highest BCUT2D eigenvalue weighted by atomic mass is 16.5. The number of nitrogens with one attached hydrogen (secondary N) is 2. The molecule has 7 heteroatoms. The fourth-order valence-electron chi connectivity index (χ4n) is 4.16. The zero-order valence-electron chi connectivity index (χ0n) is 18.3. The van der Waals surface area contributed by atoms with Crippen LogP contribution in [0.1, 0.15) is 22.0 Å². The summed E-state index contributed by atoms with van der Waals surface area (Å²) in [6.45, 7) is 0. The number of nitrogens with zero attached hydrogens (tertiary/aromatic N) is 1.